The Hall–Kier alpha value is -3.48. The maximum Gasteiger partial charge on any atom is 0.323 e. The first-order valence-electron chi connectivity index (χ1n) is 8.95. The summed E-state index contributed by atoms with van der Waals surface area (Å²) < 4.78 is 17.9. The van der Waals surface area contributed by atoms with Crippen molar-refractivity contribution in [3.05, 3.63) is 63.9 Å². The number of carboxylic acid groups (broad SMARTS) is 1. The van der Waals surface area contributed by atoms with Crippen LogP contribution < -0.4 is 19.6 Å². The summed E-state index contributed by atoms with van der Waals surface area (Å²) in [6.07, 6.45) is 1.95. The lowest BCUT2D eigenvalue weighted by Gasteiger charge is -2.15. The number of nitrogens with zero attached hydrogens (tertiary/aromatic N) is 1. The number of carboxylic acids is 1. The van der Waals surface area contributed by atoms with Crippen LogP contribution >= 0.6 is 0 Å². The Morgan fingerprint density at radius 2 is 2.04 bits per heavy atom. The highest BCUT2D eigenvalue weighted by Crippen LogP contribution is 2.33. The summed E-state index contributed by atoms with van der Waals surface area (Å²) in [7, 11) is 0. The molecule has 4 rings (SSSR count). The number of carbonyl (C=O) groups is 1. The molecule has 1 aromatic heterocycles. The fraction of sp³-hybridized carbons (Fsp3) is 0.238. The average molecular weight is 381 g/mol. The molecule has 1 N–H and O–H groups in total. The number of benzene rings is 2. The minimum absolute atomic E-state index is 0.143. The second kappa shape index (κ2) is 7.26. The third-order valence-electron chi connectivity index (χ3n) is 4.57. The lowest BCUT2D eigenvalue weighted by Crippen LogP contribution is -2.19. The fourth-order valence-corrected chi connectivity index (χ4v) is 3.43. The number of ether oxygens (including phenoxy) is 3. The number of para-hydroxylation sites is 1. The maximum absolute atomic E-state index is 13.1. The SMILES string of the molecule is CCOc1cccc2c(=O)c(Cc3ccc4c(c3)OCO4)cn(CC(=O)O)c12. The highest BCUT2D eigenvalue weighted by molar-refractivity contribution is 5.86. The molecule has 0 aliphatic carbocycles. The molecule has 0 atom stereocenters. The Kier molecular flexibility index (Phi) is 4.65. The molecule has 7 nitrogen and oxygen atoms in total. The molecule has 0 bridgehead atoms. The molecule has 0 saturated heterocycles. The number of hydrogen-bond donors (Lipinski definition) is 1. The van der Waals surface area contributed by atoms with Gasteiger partial charge in [0.25, 0.3) is 0 Å². The van der Waals surface area contributed by atoms with E-state index in [2.05, 4.69) is 0 Å². The lowest BCUT2D eigenvalue weighted by atomic mass is 10.0. The van der Waals surface area contributed by atoms with E-state index in [9.17, 15) is 14.7 Å². The van der Waals surface area contributed by atoms with Crippen LogP contribution in [-0.4, -0.2) is 29.0 Å². The summed E-state index contributed by atoms with van der Waals surface area (Å²) in [4.78, 5) is 24.5. The highest BCUT2D eigenvalue weighted by atomic mass is 16.7. The van der Waals surface area contributed by atoms with Crippen molar-refractivity contribution in [1.29, 1.82) is 0 Å². The van der Waals surface area contributed by atoms with Crippen molar-refractivity contribution >= 4 is 16.9 Å². The largest absolute Gasteiger partial charge is 0.492 e. The number of aromatic nitrogens is 1. The second-order valence-electron chi connectivity index (χ2n) is 6.45. The maximum atomic E-state index is 13.1. The minimum atomic E-state index is -0.995. The summed E-state index contributed by atoms with van der Waals surface area (Å²) in [6.45, 7) is 2.17. The zero-order chi connectivity index (χ0) is 19.7. The molecule has 144 valence electrons. The van der Waals surface area contributed by atoms with Crippen LogP contribution in [0.5, 0.6) is 17.2 Å². The Morgan fingerprint density at radius 3 is 2.82 bits per heavy atom. The van der Waals surface area contributed by atoms with Crippen LogP contribution in [0.4, 0.5) is 0 Å². The van der Waals surface area contributed by atoms with E-state index in [1.54, 1.807) is 29.0 Å². The molecular formula is C21H19NO6. The van der Waals surface area contributed by atoms with Crippen molar-refractivity contribution in [2.45, 2.75) is 19.9 Å². The molecule has 2 aromatic carbocycles. The van der Waals surface area contributed by atoms with E-state index in [1.165, 1.54) is 0 Å². The minimum Gasteiger partial charge on any atom is -0.492 e. The van der Waals surface area contributed by atoms with Crippen molar-refractivity contribution in [3.63, 3.8) is 0 Å². The van der Waals surface area contributed by atoms with Crippen molar-refractivity contribution in [3.8, 4) is 17.2 Å². The summed E-state index contributed by atoms with van der Waals surface area (Å²) >= 11 is 0. The number of fused-ring (bicyclic) bond motifs is 2. The fourth-order valence-electron chi connectivity index (χ4n) is 3.43. The van der Waals surface area contributed by atoms with Gasteiger partial charge in [0.1, 0.15) is 12.3 Å². The van der Waals surface area contributed by atoms with Gasteiger partial charge in [0.15, 0.2) is 16.9 Å². The number of rotatable bonds is 6. The molecule has 0 amide bonds. The van der Waals surface area contributed by atoms with Crippen LogP contribution in [0.2, 0.25) is 0 Å². The van der Waals surface area contributed by atoms with Gasteiger partial charge in [-0.3, -0.25) is 9.59 Å². The third-order valence-corrected chi connectivity index (χ3v) is 4.57. The quantitative estimate of drug-likeness (QED) is 0.707. The average Bonchev–Trinajstić information content (AvgIpc) is 3.13. The second-order valence-corrected chi connectivity index (χ2v) is 6.45. The Bertz CT molecular complexity index is 1120. The number of aliphatic carboxylic acids is 1. The van der Waals surface area contributed by atoms with Gasteiger partial charge in [0, 0.05) is 23.6 Å². The monoisotopic (exact) mass is 381 g/mol. The molecule has 0 unspecified atom stereocenters. The van der Waals surface area contributed by atoms with E-state index in [0.717, 1.165) is 5.56 Å². The van der Waals surface area contributed by atoms with Crippen LogP contribution in [0.3, 0.4) is 0 Å². The molecule has 3 aromatic rings. The van der Waals surface area contributed by atoms with Gasteiger partial charge in [-0.15, -0.1) is 0 Å². The molecule has 0 spiro atoms. The van der Waals surface area contributed by atoms with E-state index in [-0.39, 0.29) is 18.8 Å². The van der Waals surface area contributed by atoms with E-state index in [0.29, 0.717) is 46.7 Å². The molecular weight excluding hydrogens is 362 g/mol. The Morgan fingerprint density at radius 1 is 1.21 bits per heavy atom. The zero-order valence-corrected chi connectivity index (χ0v) is 15.3. The standard InChI is InChI=1S/C21H19NO6/c1-2-26-17-5-3-4-15-20(17)22(11-19(23)24)10-14(21(15)25)8-13-6-7-16-18(9-13)28-12-27-16/h3-7,9-10H,2,8,11-12H2,1H3,(H,23,24). The van der Waals surface area contributed by atoms with Crippen molar-refractivity contribution in [1.82, 2.24) is 4.57 Å². The number of pyridine rings is 1. The van der Waals surface area contributed by atoms with E-state index in [1.807, 2.05) is 25.1 Å². The van der Waals surface area contributed by atoms with Crippen LogP contribution in [0.25, 0.3) is 10.9 Å². The summed E-state index contributed by atoms with van der Waals surface area (Å²) in [6, 6.07) is 10.7. The molecule has 0 saturated carbocycles. The topological polar surface area (TPSA) is 87.0 Å². The van der Waals surface area contributed by atoms with Crippen molar-refractivity contribution < 1.29 is 24.1 Å². The first kappa shape index (κ1) is 17.9. The third kappa shape index (κ3) is 3.26. The molecule has 1 aliphatic rings. The van der Waals surface area contributed by atoms with Gasteiger partial charge in [-0.2, -0.15) is 0 Å². The molecule has 28 heavy (non-hydrogen) atoms. The molecule has 1 aliphatic heterocycles. The molecule has 0 radical (unpaired) electrons. The summed E-state index contributed by atoms with van der Waals surface area (Å²) in [5.41, 5.74) is 1.73. The normalized spacial score (nSPS) is 12.3. The molecule has 0 fully saturated rings. The first-order chi connectivity index (χ1) is 13.6. The number of hydrogen-bond acceptors (Lipinski definition) is 5. The molecule has 2 heterocycles. The molecule has 7 heteroatoms. The van der Waals surface area contributed by atoms with E-state index < -0.39 is 5.97 Å². The van der Waals surface area contributed by atoms with Gasteiger partial charge < -0.3 is 23.9 Å². The predicted molar refractivity (Wildman–Crippen MR) is 102 cm³/mol. The van der Waals surface area contributed by atoms with E-state index >= 15 is 0 Å². The Balaban J connectivity index is 1.83. The van der Waals surface area contributed by atoms with Crippen LogP contribution in [0, 0.1) is 0 Å². The van der Waals surface area contributed by atoms with Gasteiger partial charge in [-0.25, -0.2) is 0 Å². The van der Waals surface area contributed by atoms with Gasteiger partial charge in [0.05, 0.1) is 12.1 Å². The first-order valence-corrected chi connectivity index (χ1v) is 8.95. The smallest absolute Gasteiger partial charge is 0.323 e. The van der Waals surface area contributed by atoms with Gasteiger partial charge in [-0.05, 0) is 36.8 Å². The van der Waals surface area contributed by atoms with Crippen molar-refractivity contribution in [2.75, 3.05) is 13.4 Å². The summed E-state index contributed by atoms with van der Waals surface area (Å²) in [5, 5.41) is 9.77. The predicted octanol–water partition coefficient (Wildman–Crippen LogP) is 2.80. The Labute approximate surface area is 160 Å². The van der Waals surface area contributed by atoms with Gasteiger partial charge in [-0.1, -0.05) is 12.1 Å². The zero-order valence-electron chi connectivity index (χ0n) is 15.3. The van der Waals surface area contributed by atoms with Gasteiger partial charge >= 0.3 is 5.97 Å². The van der Waals surface area contributed by atoms with Crippen LogP contribution in [-0.2, 0) is 17.8 Å². The summed E-state index contributed by atoms with van der Waals surface area (Å²) in [5.74, 6) is 0.813. The van der Waals surface area contributed by atoms with Crippen LogP contribution in [0.1, 0.15) is 18.1 Å². The van der Waals surface area contributed by atoms with Crippen LogP contribution in [0.15, 0.2) is 47.4 Å². The lowest BCUT2D eigenvalue weighted by molar-refractivity contribution is -0.137. The van der Waals surface area contributed by atoms with Gasteiger partial charge in [0.2, 0.25) is 6.79 Å². The van der Waals surface area contributed by atoms with E-state index in [4.69, 9.17) is 14.2 Å². The van der Waals surface area contributed by atoms with Crippen molar-refractivity contribution in [2.24, 2.45) is 0 Å². The highest BCUT2D eigenvalue weighted by Gasteiger charge is 2.17.